The monoisotopic (exact) mass is 216 g/mol. The van der Waals surface area contributed by atoms with Gasteiger partial charge in [-0.2, -0.15) is 0 Å². The maximum atomic E-state index is 13.1. The summed E-state index contributed by atoms with van der Waals surface area (Å²) in [6.07, 6.45) is 1.10. The average molecular weight is 216 g/mol. The minimum atomic E-state index is -0.414. The standard InChI is InChI=1S/C8H13FN4S/c1-13(2)3-4-14-7-6(9)5-11-8(10)12-7/h5H,3-4H2,1-2H3,(H2,10,11,12). The van der Waals surface area contributed by atoms with Crippen LogP contribution in [0.2, 0.25) is 0 Å². The molecule has 1 aromatic rings. The van der Waals surface area contributed by atoms with Crippen LogP contribution in [0.25, 0.3) is 0 Å². The summed E-state index contributed by atoms with van der Waals surface area (Å²) in [6, 6.07) is 0. The Morgan fingerprint density at radius 3 is 2.93 bits per heavy atom. The van der Waals surface area contributed by atoms with E-state index in [2.05, 4.69) is 9.97 Å². The van der Waals surface area contributed by atoms with Crippen LogP contribution in [0.3, 0.4) is 0 Å². The number of hydrogen-bond donors (Lipinski definition) is 1. The topological polar surface area (TPSA) is 55.0 Å². The lowest BCUT2D eigenvalue weighted by atomic mass is 10.6. The van der Waals surface area contributed by atoms with Crippen molar-refractivity contribution < 1.29 is 4.39 Å². The minimum absolute atomic E-state index is 0.110. The van der Waals surface area contributed by atoms with E-state index in [9.17, 15) is 4.39 Å². The van der Waals surface area contributed by atoms with Gasteiger partial charge >= 0.3 is 0 Å². The SMILES string of the molecule is CN(C)CCSc1nc(N)ncc1F. The Balaban J connectivity index is 2.53. The summed E-state index contributed by atoms with van der Waals surface area (Å²) in [5.74, 6) is 0.474. The highest BCUT2D eigenvalue weighted by Crippen LogP contribution is 2.18. The van der Waals surface area contributed by atoms with E-state index < -0.39 is 5.82 Å². The lowest BCUT2D eigenvalue weighted by molar-refractivity contribution is 0.437. The Labute approximate surface area is 86.7 Å². The number of nitrogens with two attached hydrogens (primary N) is 1. The molecule has 2 N–H and O–H groups in total. The van der Waals surface area contributed by atoms with E-state index in [1.807, 2.05) is 19.0 Å². The third-order valence-electron chi connectivity index (χ3n) is 1.51. The third kappa shape index (κ3) is 3.47. The third-order valence-corrected chi connectivity index (χ3v) is 2.45. The van der Waals surface area contributed by atoms with Gasteiger partial charge in [0, 0.05) is 12.3 Å². The van der Waals surface area contributed by atoms with Crippen molar-refractivity contribution in [2.75, 3.05) is 32.1 Å². The van der Waals surface area contributed by atoms with Crippen molar-refractivity contribution in [2.24, 2.45) is 0 Å². The summed E-state index contributed by atoms with van der Waals surface area (Å²) in [4.78, 5) is 9.38. The van der Waals surface area contributed by atoms with E-state index in [4.69, 9.17) is 5.73 Å². The van der Waals surface area contributed by atoms with E-state index in [1.54, 1.807) is 0 Å². The predicted octanol–water partition coefficient (Wildman–Crippen LogP) is 0.852. The van der Waals surface area contributed by atoms with Gasteiger partial charge in [-0.25, -0.2) is 14.4 Å². The number of rotatable bonds is 4. The Kier molecular flexibility index (Phi) is 4.09. The molecule has 0 aliphatic heterocycles. The highest BCUT2D eigenvalue weighted by Gasteiger charge is 2.05. The number of halogens is 1. The molecule has 0 aliphatic carbocycles. The number of hydrogen-bond acceptors (Lipinski definition) is 5. The smallest absolute Gasteiger partial charge is 0.221 e. The molecule has 0 aromatic carbocycles. The van der Waals surface area contributed by atoms with E-state index in [0.717, 1.165) is 18.5 Å². The predicted molar refractivity (Wildman–Crippen MR) is 55.7 cm³/mol. The van der Waals surface area contributed by atoms with Crippen LogP contribution in [0.1, 0.15) is 0 Å². The van der Waals surface area contributed by atoms with Crippen LogP contribution < -0.4 is 5.73 Å². The van der Waals surface area contributed by atoms with E-state index in [0.29, 0.717) is 5.03 Å². The lowest BCUT2D eigenvalue weighted by Crippen LogP contribution is -2.15. The maximum absolute atomic E-state index is 13.1. The molecule has 14 heavy (non-hydrogen) atoms. The molecule has 0 aliphatic rings. The number of thioether (sulfide) groups is 1. The molecule has 0 saturated carbocycles. The van der Waals surface area contributed by atoms with Crippen LogP contribution in [0.15, 0.2) is 11.2 Å². The fourth-order valence-corrected chi connectivity index (χ4v) is 1.79. The Bertz CT molecular complexity index is 305. The number of aromatic nitrogens is 2. The summed E-state index contributed by atoms with van der Waals surface area (Å²) >= 11 is 1.34. The van der Waals surface area contributed by atoms with Crippen molar-refractivity contribution in [1.29, 1.82) is 0 Å². The second kappa shape index (κ2) is 5.11. The zero-order valence-electron chi connectivity index (χ0n) is 8.20. The molecular weight excluding hydrogens is 203 g/mol. The molecule has 0 fully saturated rings. The number of anilines is 1. The summed E-state index contributed by atoms with van der Waals surface area (Å²) in [5.41, 5.74) is 5.35. The maximum Gasteiger partial charge on any atom is 0.221 e. The van der Waals surface area contributed by atoms with Crippen molar-refractivity contribution in [2.45, 2.75) is 5.03 Å². The first-order chi connectivity index (χ1) is 6.59. The van der Waals surface area contributed by atoms with Crippen molar-refractivity contribution in [3.8, 4) is 0 Å². The van der Waals surface area contributed by atoms with Crippen molar-refractivity contribution in [3.63, 3.8) is 0 Å². The molecule has 4 nitrogen and oxygen atoms in total. The molecule has 0 amide bonds. The molecule has 0 atom stereocenters. The second-order valence-corrected chi connectivity index (χ2v) is 4.12. The first-order valence-electron chi connectivity index (χ1n) is 4.15. The summed E-state index contributed by atoms with van der Waals surface area (Å²) in [7, 11) is 3.93. The van der Waals surface area contributed by atoms with Gasteiger partial charge in [0.25, 0.3) is 0 Å². The minimum Gasteiger partial charge on any atom is -0.368 e. The van der Waals surface area contributed by atoms with E-state index in [-0.39, 0.29) is 5.95 Å². The van der Waals surface area contributed by atoms with Gasteiger partial charge in [-0.05, 0) is 14.1 Å². The largest absolute Gasteiger partial charge is 0.368 e. The van der Waals surface area contributed by atoms with Gasteiger partial charge in [-0.1, -0.05) is 0 Å². The van der Waals surface area contributed by atoms with Gasteiger partial charge in [0.05, 0.1) is 6.20 Å². The molecule has 0 unspecified atom stereocenters. The van der Waals surface area contributed by atoms with Crippen LogP contribution in [-0.4, -0.2) is 41.3 Å². The Hall–Kier alpha value is -0.880. The van der Waals surface area contributed by atoms with Crippen molar-refractivity contribution >= 4 is 17.7 Å². The molecule has 0 saturated heterocycles. The molecule has 0 spiro atoms. The molecule has 1 rings (SSSR count). The van der Waals surface area contributed by atoms with Crippen LogP contribution in [0.4, 0.5) is 10.3 Å². The Morgan fingerprint density at radius 2 is 2.29 bits per heavy atom. The zero-order chi connectivity index (χ0) is 10.6. The van der Waals surface area contributed by atoms with Gasteiger partial charge in [0.2, 0.25) is 5.95 Å². The fraction of sp³-hybridized carbons (Fsp3) is 0.500. The number of nitrogens with zero attached hydrogens (tertiary/aromatic N) is 3. The van der Waals surface area contributed by atoms with Crippen LogP contribution in [0, 0.1) is 5.82 Å². The molecule has 6 heteroatoms. The first kappa shape index (κ1) is 11.2. The average Bonchev–Trinajstić information content (AvgIpc) is 2.10. The Morgan fingerprint density at radius 1 is 1.57 bits per heavy atom. The highest BCUT2D eigenvalue weighted by molar-refractivity contribution is 7.99. The van der Waals surface area contributed by atoms with Crippen LogP contribution in [0.5, 0.6) is 0 Å². The summed E-state index contributed by atoms with van der Waals surface area (Å²) in [5, 5.41) is 0.319. The molecule has 1 aromatic heterocycles. The highest BCUT2D eigenvalue weighted by atomic mass is 32.2. The molecular formula is C8H13FN4S. The zero-order valence-corrected chi connectivity index (χ0v) is 9.01. The van der Waals surface area contributed by atoms with Gasteiger partial charge < -0.3 is 10.6 Å². The molecule has 78 valence electrons. The summed E-state index contributed by atoms with van der Waals surface area (Å²) < 4.78 is 13.1. The quantitative estimate of drug-likeness (QED) is 0.597. The molecule has 0 radical (unpaired) electrons. The van der Waals surface area contributed by atoms with Gasteiger partial charge in [-0.15, -0.1) is 11.8 Å². The van der Waals surface area contributed by atoms with Gasteiger partial charge in [0.1, 0.15) is 5.03 Å². The second-order valence-electron chi connectivity index (χ2n) is 3.03. The van der Waals surface area contributed by atoms with E-state index in [1.165, 1.54) is 11.8 Å². The van der Waals surface area contributed by atoms with Crippen molar-refractivity contribution in [1.82, 2.24) is 14.9 Å². The van der Waals surface area contributed by atoms with Gasteiger partial charge in [0.15, 0.2) is 5.82 Å². The summed E-state index contributed by atoms with van der Waals surface area (Å²) in [6.45, 7) is 0.869. The van der Waals surface area contributed by atoms with Crippen LogP contribution in [-0.2, 0) is 0 Å². The fourth-order valence-electron chi connectivity index (χ4n) is 0.790. The van der Waals surface area contributed by atoms with Crippen LogP contribution >= 0.6 is 11.8 Å². The lowest BCUT2D eigenvalue weighted by Gasteiger charge is -2.08. The number of nitrogen functional groups attached to an aromatic ring is 1. The molecule has 1 heterocycles. The first-order valence-corrected chi connectivity index (χ1v) is 5.13. The van der Waals surface area contributed by atoms with Gasteiger partial charge in [-0.3, -0.25) is 0 Å². The molecule has 0 bridgehead atoms. The van der Waals surface area contributed by atoms with Crippen molar-refractivity contribution in [3.05, 3.63) is 12.0 Å². The normalized spacial score (nSPS) is 10.9. The van der Waals surface area contributed by atoms with E-state index >= 15 is 0 Å².